The summed E-state index contributed by atoms with van der Waals surface area (Å²) in [5, 5.41) is 2.54. The fraction of sp³-hybridized carbons (Fsp3) is 0.211. The molecule has 7 nitrogen and oxygen atoms in total. The number of primary amides is 1. The van der Waals surface area contributed by atoms with Gasteiger partial charge in [-0.05, 0) is 42.8 Å². The van der Waals surface area contributed by atoms with Crippen LogP contribution in [0.2, 0.25) is 0 Å². The molecule has 142 valence electrons. The summed E-state index contributed by atoms with van der Waals surface area (Å²) in [4.78, 5) is 35.5. The van der Waals surface area contributed by atoms with Gasteiger partial charge in [0.05, 0.1) is 10.8 Å². The molecule has 2 rings (SSSR count). The fourth-order valence-corrected chi connectivity index (χ4v) is 3.43. The number of amides is 2. The Labute approximate surface area is 159 Å². The first-order valence-electron chi connectivity index (χ1n) is 8.19. The predicted octanol–water partition coefficient (Wildman–Crippen LogP) is 1.39. The molecule has 0 bridgehead atoms. The average molecular weight is 388 g/mol. The van der Waals surface area contributed by atoms with Crippen LogP contribution in [0.15, 0.2) is 59.5 Å². The van der Waals surface area contributed by atoms with E-state index in [2.05, 4.69) is 5.32 Å². The number of esters is 1. The number of ether oxygens (including phenoxy) is 1. The van der Waals surface area contributed by atoms with Crippen molar-refractivity contribution in [3.8, 4) is 5.75 Å². The molecule has 8 heteroatoms. The lowest BCUT2D eigenvalue weighted by Crippen LogP contribution is -2.45. The number of benzene rings is 2. The molecule has 2 aromatic carbocycles. The molecule has 0 fully saturated rings. The van der Waals surface area contributed by atoms with Gasteiger partial charge in [-0.2, -0.15) is 0 Å². The summed E-state index contributed by atoms with van der Waals surface area (Å²) in [7, 11) is -1.30. The molecule has 0 saturated carbocycles. The first-order chi connectivity index (χ1) is 12.9. The van der Waals surface area contributed by atoms with Crippen LogP contribution in [0.5, 0.6) is 5.75 Å². The van der Waals surface area contributed by atoms with Gasteiger partial charge in [-0.3, -0.25) is 18.6 Å². The van der Waals surface area contributed by atoms with Crippen molar-refractivity contribution in [3.63, 3.8) is 0 Å². The number of hydrogen-bond acceptors (Lipinski definition) is 5. The Hall–Kier alpha value is -3.00. The summed E-state index contributed by atoms with van der Waals surface area (Å²) in [6.45, 7) is 1.28. The highest BCUT2D eigenvalue weighted by molar-refractivity contribution is 7.85. The minimum Gasteiger partial charge on any atom is -0.427 e. The molecule has 0 unspecified atom stereocenters. The van der Waals surface area contributed by atoms with Crippen molar-refractivity contribution in [1.82, 2.24) is 5.32 Å². The lowest BCUT2D eigenvalue weighted by atomic mass is 10.1. The number of nitrogens with one attached hydrogen (secondary N) is 1. The van der Waals surface area contributed by atoms with Crippen molar-refractivity contribution in [2.45, 2.75) is 24.3 Å². The number of rotatable bonds is 8. The Morgan fingerprint density at radius 2 is 1.70 bits per heavy atom. The van der Waals surface area contributed by atoms with E-state index >= 15 is 0 Å². The molecule has 0 aromatic heterocycles. The minimum atomic E-state index is -1.30. The monoisotopic (exact) mass is 388 g/mol. The standard InChI is InChI=1S/C19H20N2O5S/c1-13(22)26-15-9-7-14(8-10-15)19(24)21-17(18(20)23)11-12-27(25)16-5-3-2-4-6-16/h2-10,17H,11-12H2,1H3,(H2,20,23)(H,21,24)/t17-,27+/m1/s1. The Morgan fingerprint density at radius 1 is 1.07 bits per heavy atom. The molecule has 27 heavy (non-hydrogen) atoms. The lowest BCUT2D eigenvalue weighted by Gasteiger charge is -2.15. The van der Waals surface area contributed by atoms with Gasteiger partial charge in [0, 0.05) is 23.1 Å². The second-order valence-corrected chi connectivity index (χ2v) is 7.27. The van der Waals surface area contributed by atoms with Crippen LogP contribution in [0.4, 0.5) is 0 Å². The van der Waals surface area contributed by atoms with E-state index < -0.39 is 34.6 Å². The molecule has 0 radical (unpaired) electrons. The highest BCUT2D eigenvalue weighted by Gasteiger charge is 2.20. The van der Waals surface area contributed by atoms with Gasteiger partial charge in [0.25, 0.3) is 5.91 Å². The molecular weight excluding hydrogens is 368 g/mol. The van der Waals surface area contributed by atoms with Gasteiger partial charge >= 0.3 is 5.97 Å². The van der Waals surface area contributed by atoms with Gasteiger partial charge in [-0.25, -0.2) is 0 Å². The van der Waals surface area contributed by atoms with Crippen molar-refractivity contribution < 1.29 is 23.3 Å². The van der Waals surface area contributed by atoms with Gasteiger partial charge in [0.2, 0.25) is 5.91 Å². The van der Waals surface area contributed by atoms with E-state index in [0.717, 1.165) is 0 Å². The highest BCUT2D eigenvalue weighted by Crippen LogP contribution is 2.13. The quantitative estimate of drug-likeness (QED) is 0.524. The Balaban J connectivity index is 1.96. The van der Waals surface area contributed by atoms with E-state index in [0.29, 0.717) is 10.6 Å². The molecule has 0 aliphatic rings. The van der Waals surface area contributed by atoms with Gasteiger partial charge in [0.1, 0.15) is 11.8 Å². The zero-order valence-electron chi connectivity index (χ0n) is 14.7. The average Bonchev–Trinajstić information content (AvgIpc) is 2.65. The third-order valence-electron chi connectivity index (χ3n) is 3.62. The van der Waals surface area contributed by atoms with Crippen molar-refractivity contribution in [2.75, 3.05) is 5.75 Å². The van der Waals surface area contributed by atoms with Crippen LogP contribution in [-0.2, 0) is 20.4 Å². The molecule has 0 saturated heterocycles. The van der Waals surface area contributed by atoms with E-state index in [9.17, 15) is 18.6 Å². The normalized spacial score (nSPS) is 12.6. The summed E-state index contributed by atoms with van der Waals surface area (Å²) >= 11 is 0. The van der Waals surface area contributed by atoms with Crippen molar-refractivity contribution >= 4 is 28.6 Å². The van der Waals surface area contributed by atoms with E-state index in [4.69, 9.17) is 10.5 Å². The van der Waals surface area contributed by atoms with Gasteiger partial charge in [-0.1, -0.05) is 18.2 Å². The summed E-state index contributed by atoms with van der Waals surface area (Å²) in [5.74, 6) is -1.18. The topological polar surface area (TPSA) is 116 Å². The minimum absolute atomic E-state index is 0.147. The third-order valence-corrected chi connectivity index (χ3v) is 5.03. The zero-order chi connectivity index (χ0) is 19.8. The first-order valence-corrected chi connectivity index (χ1v) is 9.51. The van der Waals surface area contributed by atoms with E-state index in [1.807, 2.05) is 6.07 Å². The number of hydrogen-bond donors (Lipinski definition) is 2. The van der Waals surface area contributed by atoms with Gasteiger partial charge < -0.3 is 15.8 Å². The van der Waals surface area contributed by atoms with Crippen molar-refractivity contribution in [1.29, 1.82) is 0 Å². The van der Waals surface area contributed by atoms with E-state index in [1.165, 1.54) is 31.2 Å². The Kier molecular flexibility index (Phi) is 7.25. The van der Waals surface area contributed by atoms with Gasteiger partial charge in [0.15, 0.2) is 0 Å². The van der Waals surface area contributed by atoms with Crippen LogP contribution in [0.1, 0.15) is 23.7 Å². The maximum Gasteiger partial charge on any atom is 0.308 e. The lowest BCUT2D eigenvalue weighted by molar-refractivity contribution is -0.131. The summed E-state index contributed by atoms with van der Waals surface area (Å²) < 4.78 is 17.2. The molecule has 2 atom stereocenters. The van der Waals surface area contributed by atoms with Crippen LogP contribution < -0.4 is 15.8 Å². The maximum absolute atomic E-state index is 12.3. The molecule has 2 amide bonds. The van der Waals surface area contributed by atoms with Crippen LogP contribution in [-0.4, -0.2) is 33.8 Å². The number of nitrogens with two attached hydrogens (primary N) is 1. The fourth-order valence-electron chi connectivity index (χ4n) is 2.28. The Bertz CT molecular complexity index is 837. The molecule has 2 aromatic rings. The number of carbonyl (C=O) groups excluding carboxylic acids is 3. The largest absolute Gasteiger partial charge is 0.427 e. The van der Waals surface area contributed by atoms with Crippen molar-refractivity contribution in [2.24, 2.45) is 5.73 Å². The van der Waals surface area contributed by atoms with Crippen LogP contribution in [0, 0.1) is 0 Å². The summed E-state index contributed by atoms with van der Waals surface area (Å²) in [5.41, 5.74) is 5.64. The van der Waals surface area contributed by atoms with Crippen LogP contribution in [0.3, 0.4) is 0 Å². The van der Waals surface area contributed by atoms with E-state index in [-0.39, 0.29) is 17.7 Å². The second-order valence-electron chi connectivity index (χ2n) is 5.70. The first kappa shape index (κ1) is 20.3. The van der Waals surface area contributed by atoms with Crippen LogP contribution >= 0.6 is 0 Å². The molecular formula is C19H20N2O5S. The van der Waals surface area contributed by atoms with Crippen molar-refractivity contribution in [3.05, 3.63) is 60.2 Å². The van der Waals surface area contributed by atoms with E-state index in [1.54, 1.807) is 24.3 Å². The summed E-state index contributed by atoms with van der Waals surface area (Å²) in [6.07, 6.45) is 0.147. The zero-order valence-corrected chi connectivity index (χ0v) is 15.5. The van der Waals surface area contributed by atoms with Gasteiger partial charge in [-0.15, -0.1) is 0 Å². The smallest absolute Gasteiger partial charge is 0.308 e. The molecule has 0 heterocycles. The molecule has 0 aliphatic carbocycles. The summed E-state index contributed by atoms with van der Waals surface area (Å²) in [6, 6.07) is 13.8. The highest BCUT2D eigenvalue weighted by atomic mass is 32.2. The molecule has 0 spiro atoms. The third kappa shape index (κ3) is 6.34. The second kappa shape index (κ2) is 9.63. The Morgan fingerprint density at radius 3 is 2.26 bits per heavy atom. The number of carbonyl (C=O) groups is 3. The molecule has 3 N–H and O–H groups in total. The predicted molar refractivity (Wildman–Crippen MR) is 101 cm³/mol. The van der Waals surface area contributed by atoms with Crippen LogP contribution in [0.25, 0.3) is 0 Å². The maximum atomic E-state index is 12.3. The SMILES string of the molecule is CC(=O)Oc1ccc(C(=O)N[C@H](CC[S@](=O)c2ccccc2)C(N)=O)cc1. The molecule has 0 aliphatic heterocycles.